The number of nitrogens with zero attached hydrogens (tertiary/aromatic N) is 4. The van der Waals surface area contributed by atoms with E-state index in [1.807, 2.05) is 24.3 Å². The zero-order chi connectivity index (χ0) is 24.4. The van der Waals surface area contributed by atoms with Crippen molar-refractivity contribution in [3.63, 3.8) is 0 Å². The highest BCUT2D eigenvalue weighted by atomic mass is 79.9. The summed E-state index contributed by atoms with van der Waals surface area (Å²) in [4.78, 5) is 20.3. The number of aromatic nitrogens is 3. The summed E-state index contributed by atoms with van der Waals surface area (Å²) in [5.74, 6) is 1.33. The van der Waals surface area contributed by atoms with Crippen molar-refractivity contribution in [1.82, 2.24) is 19.5 Å². The number of hydrogen-bond donors (Lipinski definition) is 2. The Labute approximate surface area is 214 Å². The van der Waals surface area contributed by atoms with E-state index in [0.717, 1.165) is 68.3 Å². The van der Waals surface area contributed by atoms with Crippen LogP contribution in [0, 0.1) is 5.41 Å². The molecule has 1 aliphatic carbocycles. The standard InChI is InChI=1S/C27H32BrN5O2/c1-2-12-27(13-6-3-7-14-27)26(35)32-15-10-19(11-16-32)30-24-17-22(20-8-4-5-9-23(20)34)31-25-21(28)18-29-33(24)25/h2,4-5,8-9,17-19,30,34H,1,3,6-7,10-16H2. The lowest BCUT2D eigenvalue weighted by Gasteiger charge is -2.42. The Morgan fingerprint density at radius 2 is 1.97 bits per heavy atom. The third-order valence-electron chi connectivity index (χ3n) is 7.54. The summed E-state index contributed by atoms with van der Waals surface area (Å²) in [6.45, 7) is 5.43. The first-order valence-electron chi connectivity index (χ1n) is 12.5. The highest BCUT2D eigenvalue weighted by Crippen LogP contribution is 2.42. The second-order valence-corrected chi connectivity index (χ2v) is 10.7. The summed E-state index contributed by atoms with van der Waals surface area (Å²) in [6, 6.07) is 9.35. The molecule has 184 valence electrons. The zero-order valence-electron chi connectivity index (χ0n) is 19.9. The van der Waals surface area contributed by atoms with Gasteiger partial charge in [-0.15, -0.1) is 6.58 Å². The van der Waals surface area contributed by atoms with Crippen LogP contribution in [0.5, 0.6) is 5.75 Å². The van der Waals surface area contributed by atoms with Crippen LogP contribution in [0.3, 0.4) is 0 Å². The first kappa shape index (κ1) is 23.9. The number of likely N-dealkylation sites (tertiary alicyclic amines) is 1. The minimum atomic E-state index is -0.245. The maximum Gasteiger partial charge on any atom is 0.229 e. The molecule has 3 aromatic rings. The van der Waals surface area contributed by atoms with Gasteiger partial charge in [0.15, 0.2) is 5.65 Å². The molecule has 2 fully saturated rings. The van der Waals surface area contributed by atoms with Gasteiger partial charge in [0.05, 0.1) is 21.8 Å². The van der Waals surface area contributed by atoms with E-state index in [1.165, 1.54) is 6.42 Å². The number of rotatable bonds is 6. The molecule has 35 heavy (non-hydrogen) atoms. The van der Waals surface area contributed by atoms with Gasteiger partial charge in [-0.1, -0.05) is 37.5 Å². The van der Waals surface area contributed by atoms with Gasteiger partial charge in [-0.05, 0) is 60.2 Å². The van der Waals surface area contributed by atoms with E-state index >= 15 is 0 Å². The first-order chi connectivity index (χ1) is 17.0. The normalized spacial score (nSPS) is 18.5. The van der Waals surface area contributed by atoms with Crippen LogP contribution in [0.15, 0.2) is 53.7 Å². The third kappa shape index (κ3) is 4.68. The number of halogens is 1. The number of phenols is 1. The molecule has 8 heteroatoms. The molecule has 1 aliphatic heterocycles. The number of benzene rings is 1. The van der Waals surface area contributed by atoms with Gasteiger partial charge in [-0.25, -0.2) is 4.98 Å². The van der Waals surface area contributed by atoms with Crippen LogP contribution in [-0.4, -0.2) is 49.6 Å². The summed E-state index contributed by atoms with van der Waals surface area (Å²) in [5.41, 5.74) is 1.79. The van der Waals surface area contributed by atoms with Crippen molar-refractivity contribution < 1.29 is 9.90 Å². The van der Waals surface area contributed by atoms with Crippen molar-refractivity contribution in [2.75, 3.05) is 18.4 Å². The average molecular weight is 538 g/mol. The van der Waals surface area contributed by atoms with Crippen molar-refractivity contribution >= 4 is 33.3 Å². The van der Waals surface area contributed by atoms with Crippen LogP contribution >= 0.6 is 15.9 Å². The molecule has 1 aromatic carbocycles. The summed E-state index contributed by atoms with van der Waals surface area (Å²) in [6.07, 6.45) is 11.6. The van der Waals surface area contributed by atoms with Gasteiger partial charge in [0, 0.05) is 30.8 Å². The third-order valence-corrected chi connectivity index (χ3v) is 8.10. The molecule has 0 atom stereocenters. The minimum Gasteiger partial charge on any atom is -0.507 e. The molecule has 2 aliphatic rings. The number of anilines is 1. The molecule has 1 amide bonds. The summed E-state index contributed by atoms with van der Waals surface area (Å²) in [5, 5.41) is 18.5. The number of piperidine rings is 1. The van der Waals surface area contributed by atoms with Crippen LogP contribution in [0.2, 0.25) is 0 Å². The Hall–Kier alpha value is -2.87. The fourth-order valence-corrected chi connectivity index (χ4v) is 6.00. The van der Waals surface area contributed by atoms with Gasteiger partial charge in [0.1, 0.15) is 11.6 Å². The van der Waals surface area contributed by atoms with E-state index in [1.54, 1.807) is 22.8 Å². The van der Waals surface area contributed by atoms with Crippen LogP contribution in [-0.2, 0) is 4.79 Å². The molecule has 5 rings (SSSR count). The molecule has 1 saturated carbocycles. The van der Waals surface area contributed by atoms with Crippen molar-refractivity contribution in [1.29, 1.82) is 0 Å². The molecular weight excluding hydrogens is 506 g/mol. The van der Waals surface area contributed by atoms with Crippen molar-refractivity contribution in [3.8, 4) is 17.0 Å². The van der Waals surface area contributed by atoms with E-state index < -0.39 is 0 Å². The number of fused-ring (bicyclic) bond motifs is 1. The molecular formula is C27H32BrN5O2. The van der Waals surface area contributed by atoms with Crippen molar-refractivity contribution in [2.45, 2.75) is 57.4 Å². The number of carbonyl (C=O) groups is 1. The Morgan fingerprint density at radius 1 is 1.23 bits per heavy atom. The van der Waals surface area contributed by atoms with Gasteiger partial charge < -0.3 is 15.3 Å². The molecule has 2 N–H and O–H groups in total. The molecule has 0 radical (unpaired) electrons. The van der Waals surface area contributed by atoms with E-state index in [2.05, 4.69) is 37.8 Å². The Balaban J connectivity index is 1.33. The fraction of sp³-hybridized carbons (Fsp3) is 0.444. The summed E-state index contributed by atoms with van der Waals surface area (Å²) >= 11 is 3.54. The second kappa shape index (κ2) is 10.0. The molecule has 7 nitrogen and oxygen atoms in total. The average Bonchev–Trinajstić information content (AvgIpc) is 3.26. The lowest BCUT2D eigenvalue weighted by atomic mass is 9.70. The van der Waals surface area contributed by atoms with E-state index in [4.69, 9.17) is 4.98 Å². The topological polar surface area (TPSA) is 82.8 Å². The fourth-order valence-electron chi connectivity index (χ4n) is 5.65. The van der Waals surface area contributed by atoms with Crippen LogP contribution in [0.25, 0.3) is 16.9 Å². The first-order valence-corrected chi connectivity index (χ1v) is 13.3. The number of amides is 1. The summed E-state index contributed by atoms with van der Waals surface area (Å²) < 4.78 is 2.57. The van der Waals surface area contributed by atoms with Crippen molar-refractivity contribution in [3.05, 3.63) is 53.7 Å². The number of aromatic hydroxyl groups is 1. The SMILES string of the molecule is C=CCC1(C(=O)N2CCC(Nc3cc(-c4ccccc4O)nc4c(Br)cnn34)CC2)CCCCC1. The van der Waals surface area contributed by atoms with Crippen LogP contribution in [0.1, 0.15) is 51.4 Å². The maximum atomic E-state index is 13.5. The van der Waals surface area contributed by atoms with E-state index in [9.17, 15) is 9.90 Å². The molecule has 3 heterocycles. The number of hydrogen-bond acceptors (Lipinski definition) is 5. The lowest BCUT2D eigenvalue weighted by molar-refractivity contribution is -0.145. The second-order valence-electron chi connectivity index (χ2n) is 9.82. The number of nitrogens with one attached hydrogen (secondary N) is 1. The van der Waals surface area contributed by atoms with E-state index in [0.29, 0.717) is 22.8 Å². The van der Waals surface area contributed by atoms with Crippen LogP contribution < -0.4 is 5.32 Å². The zero-order valence-corrected chi connectivity index (χ0v) is 21.5. The number of allylic oxidation sites excluding steroid dienone is 1. The molecule has 1 saturated heterocycles. The predicted octanol–water partition coefficient (Wildman–Crippen LogP) is 5.79. The van der Waals surface area contributed by atoms with Gasteiger partial charge >= 0.3 is 0 Å². The quantitative estimate of drug-likeness (QED) is 0.388. The Kier molecular flexibility index (Phi) is 6.82. The molecule has 0 unspecified atom stereocenters. The van der Waals surface area contributed by atoms with Gasteiger partial charge in [-0.2, -0.15) is 9.61 Å². The minimum absolute atomic E-state index is 0.189. The lowest BCUT2D eigenvalue weighted by Crippen LogP contribution is -2.49. The largest absolute Gasteiger partial charge is 0.507 e. The predicted molar refractivity (Wildman–Crippen MR) is 141 cm³/mol. The number of carbonyl (C=O) groups excluding carboxylic acids is 1. The highest BCUT2D eigenvalue weighted by Gasteiger charge is 2.41. The van der Waals surface area contributed by atoms with Gasteiger partial charge in [0.25, 0.3) is 0 Å². The van der Waals surface area contributed by atoms with Gasteiger partial charge in [-0.3, -0.25) is 4.79 Å². The maximum absolute atomic E-state index is 13.5. The number of phenolic OH excluding ortho intramolecular Hbond substituents is 1. The summed E-state index contributed by atoms with van der Waals surface area (Å²) in [7, 11) is 0. The smallest absolute Gasteiger partial charge is 0.229 e. The van der Waals surface area contributed by atoms with Gasteiger partial charge in [0.2, 0.25) is 5.91 Å². The van der Waals surface area contributed by atoms with Crippen molar-refractivity contribution in [2.24, 2.45) is 5.41 Å². The molecule has 2 aromatic heterocycles. The molecule has 0 spiro atoms. The monoisotopic (exact) mass is 537 g/mol. The Morgan fingerprint density at radius 3 is 2.69 bits per heavy atom. The molecule has 0 bridgehead atoms. The Bertz CT molecular complexity index is 1230. The number of para-hydroxylation sites is 1. The van der Waals surface area contributed by atoms with Crippen LogP contribution in [0.4, 0.5) is 5.82 Å². The highest BCUT2D eigenvalue weighted by molar-refractivity contribution is 9.10. The van der Waals surface area contributed by atoms with E-state index in [-0.39, 0.29) is 17.2 Å².